The summed E-state index contributed by atoms with van der Waals surface area (Å²) in [6.45, 7) is 5.54. The van der Waals surface area contributed by atoms with Gasteiger partial charge in [0.2, 0.25) is 0 Å². The second-order valence-corrected chi connectivity index (χ2v) is 7.80. The van der Waals surface area contributed by atoms with Crippen LogP contribution in [0.3, 0.4) is 0 Å². The molecule has 0 aliphatic heterocycles. The summed E-state index contributed by atoms with van der Waals surface area (Å²) in [5, 5.41) is 7.80. The minimum absolute atomic E-state index is 0. The molecule has 1 aliphatic carbocycles. The number of guanidine groups is 1. The Balaban J connectivity index is 0.00000312. The molecule has 1 aromatic rings. The second kappa shape index (κ2) is 9.38. The Hall–Kier alpha value is -0.580. The molecule has 1 fully saturated rings. The molecule has 0 spiro atoms. The molecule has 4 nitrogen and oxygen atoms in total. The summed E-state index contributed by atoms with van der Waals surface area (Å²) in [6.07, 6.45) is 0.494. The van der Waals surface area contributed by atoms with E-state index >= 15 is 0 Å². The van der Waals surface area contributed by atoms with Gasteiger partial charge in [0.05, 0.1) is 6.54 Å². The van der Waals surface area contributed by atoms with Crippen molar-refractivity contribution in [2.24, 2.45) is 16.3 Å². The number of halogens is 4. The first-order valence-electron chi connectivity index (χ1n) is 8.20. The van der Waals surface area contributed by atoms with Gasteiger partial charge in [-0.3, -0.25) is 4.99 Å². The average Bonchev–Trinajstić information content (AvgIpc) is 2.93. The monoisotopic (exact) mass is 490 g/mol. The third kappa shape index (κ3) is 6.58. The van der Waals surface area contributed by atoms with Gasteiger partial charge in [-0.1, -0.05) is 20.3 Å². The molecule has 0 unspecified atom stereocenters. The number of alkyl halides is 3. The highest BCUT2D eigenvalue weighted by Gasteiger charge is 2.37. The predicted molar refractivity (Wildman–Crippen MR) is 106 cm³/mol. The van der Waals surface area contributed by atoms with Crippen molar-refractivity contribution in [3.8, 4) is 0 Å². The fraction of sp³-hybridized carbons (Fsp3) is 0.750. The van der Waals surface area contributed by atoms with Gasteiger partial charge in [-0.15, -0.1) is 35.3 Å². The first-order chi connectivity index (χ1) is 11.2. The number of hydrogen-bond acceptors (Lipinski definition) is 3. The number of nitrogens with one attached hydrogen (secondary N) is 2. The van der Waals surface area contributed by atoms with Gasteiger partial charge in [0.1, 0.15) is 5.01 Å². The SMILES string of the molecule is CN=C(NCc1nc(C(F)(F)F)cs1)NCC1(CC(C)C)CCC1.I. The predicted octanol–water partition coefficient (Wildman–Crippen LogP) is 4.66. The molecule has 0 radical (unpaired) electrons. The molecule has 2 N–H and O–H groups in total. The van der Waals surface area contributed by atoms with Crippen LogP contribution in [0.2, 0.25) is 0 Å². The van der Waals surface area contributed by atoms with Crippen molar-refractivity contribution in [1.82, 2.24) is 15.6 Å². The van der Waals surface area contributed by atoms with Gasteiger partial charge < -0.3 is 10.6 Å². The summed E-state index contributed by atoms with van der Waals surface area (Å²) in [5.41, 5.74) is -0.506. The van der Waals surface area contributed by atoms with Gasteiger partial charge in [-0.25, -0.2) is 4.98 Å². The lowest BCUT2D eigenvalue weighted by Gasteiger charge is -2.43. The quantitative estimate of drug-likeness (QED) is 0.347. The van der Waals surface area contributed by atoms with E-state index in [4.69, 9.17) is 0 Å². The van der Waals surface area contributed by atoms with Crippen LogP contribution in [0.15, 0.2) is 10.4 Å². The van der Waals surface area contributed by atoms with Crippen molar-refractivity contribution in [3.63, 3.8) is 0 Å². The van der Waals surface area contributed by atoms with Gasteiger partial charge >= 0.3 is 6.18 Å². The average molecular weight is 490 g/mol. The highest BCUT2D eigenvalue weighted by atomic mass is 127. The van der Waals surface area contributed by atoms with Crippen LogP contribution in [0.4, 0.5) is 13.2 Å². The van der Waals surface area contributed by atoms with Crippen molar-refractivity contribution in [1.29, 1.82) is 0 Å². The van der Waals surface area contributed by atoms with E-state index in [-0.39, 0.29) is 30.5 Å². The van der Waals surface area contributed by atoms with E-state index in [9.17, 15) is 13.2 Å². The Morgan fingerprint density at radius 1 is 1.36 bits per heavy atom. The molecule has 0 bridgehead atoms. The van der Waals surface area contributed by atoms with Crippen LogP contribution >= 0.6 is 35.3 Å². The lowest BCUT2D eigenvalue weighted by Crippen LogP contribution is -2.46. The van der Waals surface area contributed by atoms with E-state index in [0.29, 0.717) is 22.3 Å². The largest absolute Gasteiger partial charge is 0.434 e. The molecule has 0 saturated heterocycles. The number of thiazole rings is 1. The lowest BCUT2D eigenvalue weighted by molar-refractivity contribution is -0.140. The molecule has 2 rings (SSSR count). The Labute approximate surface area is 168 Å². The van der Waals surface area contributed by atoms with Crippen molar-refractivity contribution in [2.75, 3.05) is 13.6 Å². The third-order valence-corrected chi connectivity index (χ3v) is 5.21. The summed E-state index contributed by atoms with van der Waals surface area (Å²) < 4.78 is 37.7. The van der Waals surface area contributed by atoms with Crippen molar-refractivity contribution in [2.45, 2.75) is 52.3 Å². The van der Waals surface area contributed by atoms with E-state index in [1.807, 2.05) is 0 Å². The van der Waals surface area contributed by atoms with Crippen LogP contribution < -0.4 is 10.6 Å². The normalized spacial score (nSPS) is 17.0. The molecule has 1 aliphatic rings. The molecule has 0 atom stereocenters. The Kier molecular flexibility index (Phi) is 8.43. The van der Waals surface area contributed by atoms with Crippen LogP contribution in [-0.2, 0) is 12.7 Å². The van der Waals surface area contributed by atoms with E-state index in [2.05, 4.69) is 34.5 Å². The molecular weight excluding hydrogens is 464 g/mol. The fourth-order valence-corrected chi connectivity index (χ4v) is 3.91. The van der Waals surface area contributed by atoms with Crippen molar-refractivity contribution >= 4 is 41.3 Å². The summed E-state index contributed by atoms with van der Waals surface area (Å²) in [4.78, 5) is 7.76. The van der Waals surface area contributed by atoms with Gasteiger partial charge in [0, 0.05) is 19.0 Å². The number of nitrogens with zero attached hydrogens (tertiary/aromatic N) is 2. The maximum Gasteiger partial charge on any atom is 0.434 e. The first-order valence-corrected chi connectivity index (χ1v) is 9.08. The minimum atomic E-state index is -4.39. The van der Waals surface area contributed by atoms with Crippen LogP contribution in [0, 0.1) is 11.3 Å². The van der Waals surface area contributed by atoms with E-state index in [1.165, 1.54) is 25.7 Å². The van der Waals surface area contributed by atoms with Crippen molar-refractivity contribution < 1.29 is 13.2 Å². The molecule has 25 heavy (non-hydrogen) atoms. The lowest BCUT2D eigenvalue weighted by atomic mass is 9.64. The number of rotatable bonds is 6. The molecular formula is C16H26F3IN4S. The standard InChI is InChI=1S/C16H25F3N4S.HI/c1-11(2)7-15(5-4-6-15)10-22-14(20-3)21-8-13-23-12(9-24-13)16(17,18)19;/h9,11H,4-8,10H2,1-3H3,(H2,20,21,22);1H. The molecule has 144 valence electrons. The van der Waals surface area contributed by atoms with Crippen LogP contribution in [0.5, 0.6) is 0 Å². The van der Waals surface area contributed by atoms with Crippen LogP contribution in [-0.4, -0.2) is 24.5 Å². The second-order valence-electron chi connectivity index (χ2n) is 6.86. The highest BCUT2D eigenvalue weighted by molar-refractivity contribution is 14.0. The third-order valence-electron chi connectivity index (χ3n) is 4.36. The van der Waals surface area contributed by atoms with Gasteiger partial charge in [0.15, 0.2) is 11.7 Å². The van der Waals surface area contributed by atoms with E-state index in [0.717, 1.165) is 23.3 Å². The van der Waals surface area contributed by atoms with Gasteiger partial charge in [-0.05, 0) is 30.6 Å². The van der Waals surface area contributed by atoms with Gasteiger partial charge in [0.25, 0.3) is 0 Å². The smallest absolute Gasteiger partial charge is 0.356 e. The molecule has 1 heterocycles. The minimum Gasteiger partial charge on any atom is -0.356 e. The topological polar surface area (TPSA) is 49.3 Å². The molecule has 9 heteroatoms. The summed E-state index contributed by atoms with van der Waals surface area (Å²) in [6, 6.07) is 0. The first kappa shape index (κ1) is 22.5. The molecule has 1 aromatic heterocycles. The fourth-order valence-electron chi connectivity index (χ4n) is 3.17. The Morgan fingerprint density at radius 2 is 2.04 bits per heavy atom. The summed E-state index contributed by atoms with van der Waals surface area (Å²) >= 11 is 1.00. The Bertz CT molecular complexity index is 568. The maximum absolute atomic E-state index is 12.6. The van der Waals surface area contributed by atoms with Gasteiger partial charge in [-0.2, -0.15) is 13.2 Å². The molecule has 1 saturated carbocycles. The van der Waals surface area contributed by atoms with E-state index < -0.39 is 11.9 Å². The molecule has 0 aromatic carbocycles. The summed E-state index contributed by atoms with van der Waals surface area (Å²) in [7, 11) is 1.66. The van der Waals surface area contributed by atoms with Crippen molar-refractivity contribution in [3.05, 3.63) is 16.1 Å². The number of aromatic nitrogens is 1. The number of hydrogen-bond donors (Lipinski definition) is 2. The Morgan fingerprint density at radius 3 is 2.48 bits per heavy atom. The van der Waals surface area contributed by atoms with Crippen LogP contribution in [0.1, 0.15) is 50.2 Å². The van der Waals surface area contributed by atoms with E-state index in [1.54, 1.807) is 7.05 Å². The zero-order chi connectivity index (χ0) is 17.8. The van der Waals surface area contributed by atoms with Crippen LogP contribution in [0.25, 0.3) is 0 Å². The summed E-state index contributed by atoms with van der Waals surface area (Å²) in [5.74, 6) is 1.26. The highest BCUT2D eigenvalue weighted by Crippen LogP contribution is 2.45. The number of aliphatic imine (C=N–C) groups is 1. The zero-order valence-corrected chi connectivity index (χ0v) is 17.9. The zero-order valence-electron chi connectivity index (χ0n) is 14.7. The molecule has 0 amide bonds. The maximum atomic E-state index is 12.6.